The number of hydrogen-bond acceptors (Lipinski definition) is 0. The molecular formula is C12H24Si. The van der Waals surface area contributed by atoms with Crippen molar-refractivity contribution in [2.45, 2.75) is 64.2 Å². The van der Waals surface area contributed by atoms with Crippen LogP contribution in [0.15, 0.2) is 0 Å². The molecule has 76 valence electrons. The second kappa shape index (κ2) is 6.26. The lowest BCUT2D eigenvalue weighted by molar-refractivity contribution is 0.635. The number of hydrogen-bond donors (Lipinski definition) is 0. The topological polar surface area (TPSA) is 0 Å². The molecule has 0 N–H and O–H groups in total. The summed E-state index contributed by atoms with van der Waals surface area (Å²) in [4.78, 5) is 0. The predicted molar refractivity (Wildman–Crippen MR) is 64.7 cm³/mol. The second-order valence-electron chi connectivity index (χ2n) is 4.69. The highest BCUT2D eigenvalue weighted by molar-refractivity contribution is 6.78. The van der Waals surface area contributed by atoms with Crippen LogP contribution >= 0.6 is 0 Å². The third-order valence-electron chi connectivity index (χ3n) is 3.25. The maximum Gasteiger partial charge on any atom is 0.0502 e. The van der Waals surface area contributed by atoms with Crippen LogP contribution in [0.5, 0.6) is 0 Å². The quantitative estimate of drug-likeness (QED) is 0.400. The molecule has 0 aromatic heterocycles. The maximum absolute atomic E-state index is 4.78. The van der Waals surface area contributed by atoms with E-state index in [-0.39, 0.29) is 0 Å². The molecular weight excluding hydrogens is 172 g/mol. The zero-order valence-corrected chi connectivity index (χ0v) is 10.7. The van der Waals surface area contributed by atoms with E-state index < -0.39 is 8.07 Å². The third-order valence-corrected chi connectivity index (χ3v) is 7.85. The van der Waals surface area contributed by atoms with Gasteiger partial charge in [0.1, 0.15) is 0 Å². The first-order valence-corrected chi connectivity index (χ1v) is 8.76. The van der Waals surface area contributed by atoms with Crippen LogP contribution in [-0.4, -0.2) is 8.07 Å². The summed E-state index contributed by atoms with van der Waals surface area (Å²) in [5, 5.41) is 0. The molecule has 1 rings (SSSR count). The smallest absolute Gasteiger partial charge is 0.0502 e. The van der Waals surface area contributed by atoms with Crippen molar-refractivity contribution in [1.29, 1.82) is 0 Å². The molecule has 1 saturated heterocycles. The van der Waals surface area contributed by atoms with Crippen LogP contribution in [0.25, 0.3) is 0 Å². The molecule has 0 spiro atoms. The van der Waals surface area contributed by atoms with E-state index in [1.165, 1.54) is 19.3 Å². The lowest BCUT2D eigenvalue weighted by atomic mass is 10.2. The van der Waals surface area contributed by atoms with Gasteiger partial charge in [-0.15, -0.1) is 12.3 Å². The van der Waals surface area contributed by atoms with E-state index in [0.29, 0.717) is 0 Å². The Hall–Kier alpha value is -0.223. The molecule has 0 aliphatic carbocycles. The van der Waals surface area contributed by atoms with Gasteiger partial charge >= 0.3 is 0 Å². The third kappa shape index (κ3) is 5.16. The van der Waals surface area contributed by atoms with Gasteiger partial charge in [-0.25, -0.2) is 0 Å². The summed E-state index contributed by atoms with van der Waals surface area (Å²) in [7, 11) is -0.694. The van der Waals surface area contributed by atoms with Gasteiger partial charge in [-0.2, -0.15) is 0 Å². The fourth-order valence-corrected chi connectivity index (χ4v) is 4.31. The first-order chi connectivity index (χ1) is 6.04. The van der Waals surface area contributed by atoms with Crippen molar-refractivity contribution in [3.63, 3.8) is 0 Å². The Kier molecular flexibility index (Phi) is 6.16. The molecule has 1 heteroatoms. The van der Waals surface area contributed by atoms with Crippen molar-refractivity contribution in [2.75, 3.05) is 0 Å². The molecule has 1 atom stereocenters. The average molecular weight is 196 g/mol. The zero-order valence-electron chi connectivity index (χ0n) is 9.69. The lowest BCUT2D eigenvalue weighted by Gasteiger charge is -2.34. The molecule has 0 aromatic rings. The van der Waals surface area contributed by atoms with Gasteiger partial charge in [-0.05, 0) is 5.54 Å². The van der Waals surface area contributed by atoms with Crippen molar-refractivity contribution < 1.29 is 0 Å². The molecule has 1 heterocycles. The first kappa shape index (κ1) is 12.8. The van der Waals surface area contributed by atoms with Gasteiger partial charge in [0.25, 0.3) is 0 Å². The number of terminal acetylenes is 1. The number of rotatable bonds is 0. The standard InChI is InChI=1S/C8H18Si.C4H6/c1-8-6-4-5-7-9(8,2)3;1-3-4-2/h8H,4-7H2,1-3H3;1H,4H2,2H3. The van der Waals surface area contributed by atoms with Crippen molar-refractivity contribution >= 4 is 8.07 Å². The van der Waals surface area contributed by atoms with E-state index in [1.807, 2.05) is 6.92 Å². The largest absolute Gasteiger partial charge is 0.120 e. The molecule has 0 nitrogen and oxygen atoms in total. The molecule has 0 radical (unpaired) electrons. The van der Waals surface area contributed by atoms with Crippen LogP contribution in [0.3, 0.4) is 0 Å². The Morgan fingerprint density at radius 3 is 2.15 bits per heavy atom. The lowest BCUT2D eigenvalue weighted by Crippen LogP contribution is -2.33. The summed E-state index contributed by atoms with van der Waals surface area (Å²) in [6, 6.07) is 1.58. The van der Waals surface area contributed by atoms with Gasteiger partial charge in [-0.1, -0.05) is 52.2 Å². The Morgan fingerprint density at radius 1 is 1.38 bits per heavy atom. The molecule has 1 aliphatic heterocycles. The summed E-state index contributed by atoms with van der Waals surface area (Å²) < 4.78 is 0. The van der Waals surface area contributed by atoms with Crippen molar-refractivity contribution in [3.05, 3.63) is 0 Å². The summed E-state index contributed by atoms with van der Waals surface area (Å²) >= 11 is 0. The highest BCUT2D eigenvalue weighted by Crippen LogP contribution is 2.36. The minimum Gasteiger partial charge on any atom is -0.120 e. The minimum absolute atomic E-state index is 0.694. The van der Waals surface area contributed by atoms with E-state index in [2.05, 4.69) is 25.9 Å². The SMILES string of the molecule is C#CCC.CC1CCCC[Si]1(C)C. The Labute approximate surface area is 85.1 Å². The van der Waals surface area contributed by atoms with Crippen molar-refractivity contribution in [1.82, 2.24) is 0 Å². The summed E-state index contributed by atoms with van der Waals surface area (Å²) in [6.07, 6.45) is 10.2. The van der Waals surface area contributed by atoms with Crippen LogP contribution in [0, 0.1) is 12.3 Å². The Bertz CT molecular complexity index is 164. The Balaban J connectivity index is 0.000000310. The molecule has 13 heavy (non-hydrogen) atoms. The molecule has 0 bridgehead atoms. The van der Waals surface area contributed by atoms with Crippen LogP contribution in [0.4, 0.5) is 0 Å². The van der Waals surface area contributed by atoms with Gasteiger partial charge in [0.05, 0.1) is 8.07 Å². The van der Waals surface area contributed by atoms with E-state index in [1.54, 1.807) is 6.04 Å². The fourth-order valence-electron chi connectivity index (χ4n) is 1.67. The van der Waals surface area contributed by atoms with Crippen LogP contribution < -0.4 is 0 Å². The highest BCUT2D eigenvalue weighted by atomic mass is 28.3. The van der Waals surface area contributed by atoms with Gasteiger partial charge < -0.3 is 0 Å². The average Bonchev–Trinajstić information content (AvgIpc) is 2.11. The van der Waals surface area contributed by atoms with E-state index in [0.717, 1.165) is 12.0 Å². The molecule has 0 aromatic carbocycles. The monoisotopic (exact) mass is 196 g/mol. The molecule has 0 amide bonds. The van der Waals surface area contributed by atoms with E-state index in [9.17, 15) is 0 Å². The molecule has 1 aliphatic rings. The summed E-state index contributed by atoms with van der Waals surface area (Å²) in [5.74, 6) is 2.43. The van der Waals surface area contributed by atoms with Gasteiger partial charge in [0.2, 0.25) is 0 Å². The summed E-state index contributed by atoms with van der Waals surface area (Å²) in [5.41, 5.74) is 1.09. The highest BCUT2D eigenvalue weighted by Gasteiger charge is 2.30. The van der Waals surface area contributed by atoms with Gasteiger partial charge in [-0.3, -0.25) is 0 Å². The van der Waals surface area contributed by atoms with Gasteiger partial charge in [0.15, 0.2) is 0 Å². The van der Waals surface area contributed by atoms with Gasteiger partial charge in [0, 0.05) is 6.42 Å². The van der Waals surface area contributed by atoms with Crippen LogP contribution in [-0.2, 0) is 0 Å². The van der Waals surface area contributed by atoms with E-state index in [4.69, 9.17) is 6.42 Å². The first-order valence-electron chi connectivity index (χ1n) is 5.48. The second-order valence-corrected chi connectivity index (χ2v) is 10.2. The van der Waals surface area contributed by atoms with Crippen LogP contribution in [0.2, 0.25) is 24.7 Å². The fraction of sp³-hybridized carbons (Fsp3) is 0.833. The molecule has 1 unspecified atom stereocenters. The van der Waals surface area contributed by atoms with Crippen LogP contribution in [0.1, 0.15) is 39.5 Å². The maximum atomic E-state index is 4.78. The molecule has 1 fully saturated rings. The normalized spacial score (nSPS) is 25.3. The van der Waals surface area contributed by atoms with Crippen molar-refractivity contribution in [3.8, 4) is 12.3 Å². The van der Waals surface area contributed by atoms with Crippen molar-refractivity contribution in [2.24, 2.45) is 0 Å². The zero-order chi connectivity index (χ0) is 10.3. The molecule has 0 saturated carbocycles. The summed E-state index contributed by atoms with van der Waals surface area (Å²) in [6.45, 7) is 9.47. The minimum atomic E-state index is -0.694. The Morgan fingerprint density at radius 2 is 1.92 bits per heavy atom. The van der Waals surface area contributed by atoms with E-state index >= 15 is 0 Å². The predicted octanol–water partition coefficient (Wildman–Crippen LogP) is 4.30.